The Kier molecular flexibility index (Phi) is 4.01. The molecule has 4 nitrogen and oxygen atoms in total. The molecule has 1 heterocycles. The van der Waals surface area contributed by atoms with Crippen molar-refractivity contribution in [1.29, 1.82) is 0 Å². The number of anilines is 1. The smallest absolute Gasteiger partial charge is 0.250 e. The summed E-state index contributed by atoms with van der Waals surface area (Å²) in [5, 5.41) is 2.55. The van der Waals surface area contributed by atoms with Crippen molar-refractivity contribution >= 4 is 17.5 Å². The first-order chi connectivity index (χ1) is 9.45. The Hall–Kier alpha value is -1.98. The third-order valence-electron chi connectivity index (χ3n) is 3.31. The van der Waals surface area contributed by atoms with Gasteiger partial charge >= 0.3 is 0 Å². The SMILES string of the molecule is CCCC1NC(=O)CN(c2c(F)ccc(C)c2F)C1=O. The van der Waals surface area contributed by atoms with Crippen LogP contribution in [0.5, 0.6) is 0 Å². The zero-order valence-electron chi connectivity index (χ0n) is 11.4. The minimum Gasteiger partial charge on any atom is -0.343 e. The quantitative estimate of drug-likeness (QED) is 0.920. The molecule has 0 bridgehead atoms. The maximum atomic E-state index is 14.1. The van der Waals surface area contributed by atoms with E-state index in [1.54, 1.807) is 0 Å². The molecule has 1 fully saturated rings. The van der Waals surface area contributed by atoms with Gasteiger partial charge in [-0.05, 0) is 25.0 Å². The summed E-state index contributed by atoms with van der Waals surface area (Å²) >= 11 is 0. The summed E-state index contributed by atoms with van der Waals surface area (Å²) in [6.07, 6.45) is 1.12. The Morgan fingerprint density at radius 3 is 2.70 bits per heavy atom. The fraction of sp³-hybridized carbons (Fsp3) is 0.429. The predicted molar refractivity (Wildman–Crippen MR) is 70.3 cm³/mol. The Labute approximate surface area is 115 Å². The summed E-state index contributed by atoms with van der Waals surface area (Å²) in [5.74, 6) is -2.53. The van der Waals surface area contributed by atoms with E-state index in [-0.39, 0.29) is 12.1 Å². The minimum atomic E-state index is -0.841. The van der Waals surface area contributed by atoms with Crippen molar-refractivity contribution in [2.45, 2.75) is 32.7 Å². The summed E-state index contributed by atoms with van der Waals surface area (Å²) in [7, 11) is 0. The van der Waals surface area contributed by atoms with Gasteiger partial charge in [-0.15, -0.1) is 0 Å². The van der Waals surface area contributed by atoms with Crippen LogP contribution in [0.2, 0.25) is 0 Å². The summed E-state index contributed by atoms with van der Waals surface area (Å²) in [6, 6.07) is 1.68. The number of rotatable bonds is 3. The summed E-state index contributed by atoms with van der Waals surface area (Å²) < 4.78 is 28.0. The number of carbonyl (C=O) groups is 2. The number of carbonyl (C=O) groups excluding carboxylic acids is 2. The zero-order valence-corrected chi connectivity index (χ0v) is 11.4. The predicted octanol–water partition coefficient (Wildman–Crippen LogP) is 1.90. The number of nitrogens with zero attached hydrogens (tertiary/aromatic N) is 1. The number of amides is 2. The van der Waals surface area contributed by atoms with E-state index in [0.29, 0.717) is 12.8 Å². The highest BCUT2D eigenvalue weighted by molar-refractivity contribution is 6.06. The van der Waals surface area contributed by atoms with Gasteiger partial charge in [0.2, 0.25) is 11.8 Å². The fourth-order valence-electron chi connectivity index (χ4n) is 2.27. The molecule has 2 amide bonds. The van der Waals surface area contributed by atoms with E-state index in [0.717, 1.165) is 11.0 Å². The van der Waals surface area contributed by atoms with Gasteiger partial charge in [0, 0.05) is 0 Å². The second-order valence-electron chi connectivity index (χ2n) is 4.86. The number of halogens is 2. The number of piperazine rings is 1. The molecule has 0 radical (unpaired) electrons. The first-order valence-electron chi connectivity index (χ1n) is 6.51. The molecule has 0 spiro atoms. The molecule has 1 aliphatic heterocycles. The van der Waals surface area contributed by atoms with Crippen molar-refractivity contribution in [3.8, 4) is 0 Å². The molecule has 1 atom stereocenters. The van der Waals surface area contributed by atoms with Crippen molar-refractivity contribution in [3.63, 3.8) is 0 Å². The van der Waals surface area contributed by atoms with Crippen molar-refractivity contribution in [2.75, 3.05) is 11.4 Å². The van der Waals surface area contributed by atoms with E-state index >= 15 is 0 Å². The van der Waals surface area contributed by atoms with Gasteiger partial charge < -0.3 is 5.32 Å². The topological polar surface area (TPSA) is 49.4 Å². The van der Waals surface area contributed by atoms with Crippen molar-refractivity contribution in [1.82, 2.24) is 5.32 Å². The van der Waals surface area contributed by atoms with E-state index in [2.05, 4.69) is 5.32 Å². The molecule has 1 aliphatic rings. The monoisotopic (exact) mass is 282 g/mol. The van der Waals surface area contributed by atoms with Crippen LogP contribution in [0.25, 0.3) is 0 Å². The fourth-order valence-corrected chi connectivity index (χ4v) is 2.27. The molecular weight excluding hydrogens is 266 g/mol. The van der Waals surface area contributed by atoms with Crippen molar-refractivity contribution < 1.29 is 18.4 Å². The van der Waals surface area contributed by atoms with Gasteiger partial charge in [-0.25, -0.2) is 8.78 Å². The molecule has 1 aromatic carbocycles. The molecule has 1 unspecified atom stereocenters. The van der Waals surface area contributed by atoms with Crippen LogP contribution in [0, 0.1) is 18.6 Å². The molecule has 0 aliphatic carbocycles. The average Bonchev–Trinajstić information content (AvgIpc) is 2.40. The first-order valence-corrected chi connectivity index (χ1v) is 6.51. The Morgan fingerprint density at radius 1 is 1.35 bits per heavy atom. The molecule has 0 aromatic heterocycles. The lowest BCUT2D eigenvalue weighted by Crippen LogP contribution is -2.58. The number of benzene rings is 1. The van der Waals surface area contributed by atoms with E-state index < -0.39 is 35.2 Å². The van der Waals surface area contributed by atoms with E-state index in [1.165, 1.54) is 13.0 Å². The normalized spacial score (nSPS) is 19.2. The molecule has 2 rings (SSSR count). The van der Waals surface area contributed by atoms with Crippen LogP contribution in [0.4, 0.5) is 14.5 Å². The van der Waals surface area contributed by atoms with Crippen molar-refractivity contribution in [2.24, 2.45) is 0 Å². The van der Waals surface area contributed by atoms with Crippen LogP contribution in [0.1, 0.15) is 25.3 Å². The average molecular weight is 282 g/mol. The second-order valence-corrected chi connectivity index (χ2v) is 4.86. The summed E-state index contributed by atoms with van der Waals surface area (Å²) in [6.45, 7) is 2.98. The molecule has 20 heavy (non-hydrogen) atoms. The standard InChI is InChI=1S/C14H16F2N2O2/c1-3-4-10-14(20)18(7-11(19)17-10)13-9(15)6-5-8(2)12(13)16/h5-6,10H,3-4,7H2,1-2H3,(H,17,19). The lowest BCUT2D eigenvalue weighted by Gasteiger charge is -2.33. The van der Waals surface area contributed by atoms with Gasteiger partial charge in [-0.2, -0.15) is 0 Å². The van der Waals surface area contributed by atoms with Gasteiger partial charge in [0.05, 0.1) is 0 Å². The van der Waals surface area contributed by atoms with Crippen LogP contribution < -0.4 is 10.2 Å². The highest BCUT2D eigenvalue weighted by Crippen LogP contribution is 2.27. The molecule has 1 aromatic rings. The van der Waals surface area contributed by atoms with Gasteiger partial charge in [0.25, 0.3) is 0 Å². The molecule has 1 saturated heterocycles. The maximum Gasteiger partial charge on any atom is 0.250 e. The lowest BCUT2D eigenvalue weighted by atomic mass is 10.1. The first kappa shape index (κ1) is 14.4. The Balaban J connectivity index is 2.43. The lowest BCUT2D eigenvalue weighted by molar-refractivity contribution is -0.131. The van der Waals surface area contributed by atoms with E-state index in [4.69, 9.17) is 0 Å². The number of aryl methyl sites for hydroxylation is 1. The van der Waals surface area contributed by atoms with Crippen LogP contribution in [-0.4, -0.2) is 24.4 Å². The third kappa shape index (κ3) is 2.50. The molecule has 108 valence electrons. The van der Waals surface area contributed by atoms with Gasteiger partial charge in [0.15, 0.2) is 5.82 Å². The summed E-state index contributed by atoms with van der Waals surface area (Å²) in [4.78, 5) is 24.8. The van der Waals surface area contributed by atoms with Crippen LogP contribution in [0.15, 0.2) is 12.1 Å². The summed E-state index contributed by atoms with van der Waals surface area (Å²) in [5.41, 5.74) is -0.210. The molecule has 1 N–H and O–H groups in total. The van der Waals surface area contributed by atoms with Crippen molar-refractivity contribution in [3.05, 3.63) is 29.3 Å². The van der Waals surface area contributed by atoms with Gasteiger partial charge in [-0.1, -0.05) is 19.4 Å². The third-order valence-corrected chi connectivity index (χ3v) is 3.31. The second kappa shape index (κ2) is 5.56. The van der Waals surface area contributed by atoms with Crippen LogP contribution >= 0.6 is 0 Å². The van der Waals surface area contributed by atoms with Crippen LogP contribution in [0.3, 0.4) is 0 Å². The number of nitrogens with one attached hydrogen (secondary N) is 1. The minimum absolute atomic E-state index is 0.229. The van der Waals surface area contributed by atoms with Crippen LogP contribution in [-0.2, 0) is 9.59 Å². The molecule has 0 saturated carbocycles. The van der Waals surface area contributed by atoms with E-state index in [1.807, 2.05) is 6.92 Å². The molecular formula is C14H16F2N2O2. The van der Waals surface area contributed by atoms with E-state index in [9.17, 15) is 18.4 Å². The number of hydrogen-bond donors (Lipinski definition) is 1. The Morgan fingerprint density at radius 2 is 2.05 bits per heavy atom. The van der Waals surface area contributed by atoms with Gasteiger partial charge in [-0.3, -0.25) is 14.5 Å². The number of hydrogen-bond acceptors (Lipinski definition) is 2. The highest BCUT2D eigenvalue weighted by atomic mass is 19.1. The zero-order chi connectivity index (χ0) is 14.9. The maximum absolute atomic E-state index is 14.1. The Bertz CT molecular complexity index is 560. The highest BCUT2D eigenvalue weighted by Gasteiger charge is 2.35. The largest absolute Gasteiger partial charge is 0.343 e. The van der Waals surface area contributed by atoms with Gasteiger partial charge in [0.1, 0.15) is 24.1 Å². The molecule has 6 heteroatoms.